The van der Waals surface area contributed by atoms with E-state index in [0.717, 1.165) is 6.07 Å². The van der Waals surface area contributed by atoms with Crippen molar-refractivity contribution < 1.29 is 18.3 Å². The summed E-state index contributed by atoms with van der Waals surface area (Å²) in [5.74, 6) is -0.278. The van der Waals surface area contributed by atoms with E-state index in [1.807, 2.05) is 18.7 Å². The summed E-state index contributed by atoms with van der Waals surface area (Å²) in [6, 6.07) is 3.46. The Bertz CT molecular complexity index is 899. The minimum Gasteiger partial charge on any atom is -0.487 e. The number of ether oxygens (including phenoxy) is 1. The number of aromatic nitrogens is 2. The van der Waals surface area contributed by atoms with E-state index >= 15 is 0 Å². The van der Waals surface area contributed by atoms with Gasteiger partial charge in [0.25, 0.3) is 5.91 Å². The lowest BCUT2D eigenvalue weighted by Crippen LogP contribution is -2.39. The number of carbonyl (C=O) groups excluding carboxylic acids is 1. The molecule has 0 atom stereocenters. The number of nitrogens with zero attached hydrogens (tertiary/aromatic N) is 4. The smallest absolute Gasteiger partial charge is 0.273 e. The Morgan fingerprint density at radius 3 is 2.57 bits per heavy atom. The lowest BCUT2D eigenvalue weighted by molar-refractivity contribution is 0.0821. The fourth-order valence-corrected chi connectivity index (χ4v) is 3.24. The molecule has 30 heavy (non-hydrogen) atoms. The summed E-state index contributed by atoms with van der Waals surface area (Å²) in [6.07, 6.45) is 2.54. The first-order chi connectivity index (χ1) is 14.2. The van der Waals surface area contributed by atoms with E-state index in [2.05, 4.69) is 15.3 Å². The predicted octanol–water partition coefficient (Wildman–Crippen LogP) is 3.32. The third kappa shape index (κ3) is 5.14. The molecule has 1 aliphatic rings. The fraction of sp³-hybridized carbons (Fsp3) is 0.476. The SMILES string of the molecule is CC(C)Nc1ncc(C(=O)N(C)C)nc1N1CCC(Oc2ccc(F)cc2F)CC1. The van der Waals surface area contributed by atoms with E-state index in [-0.39, 0.29) is 29.5 Å². The first kappa shape index (κ1) is 21.7. The van der Waals surface area contributed by atoms with Gasteiger partial charge in [-0.15, -0.1) is 0 Å². The second-order valence-corrected chi connectivity index (χ2v) is 7.81. The van der Waals surface area contributed by atoms with E-state index in [1.54, 1.807) is 14.1 Å². The molecule has 3 rings (SSSR count). The van der Waals surface area contributed by atoms with Gasteiger partial charge in [0.1, 0.15) is 17.6 Å². The fourth-order valence-electron chi connectivity index (χ4n) is 3.24. The van der Waals surface area contributed by atoms with Crippen LogP contribution in [0, 0.1) is 11.6 Å². The molecule has 1 aromatic heterocycles. The highest BCUT2D eigenvalue weighted by Gasteiger charge is 2.26. The summed E-state index contributed by atoms with van der Waals surface area (Å²) in [5.41, 5.74) is 0.274. The van der Waals surface area contributed by atoms with Gasteiger partial charge in [0.15, 0.2) is 23.2 Å². The van der Waals surface area contributed by atoms with E-state index in [9.17, 15) is 13.6 Å². The van der Waals surface area contributed by atoms with Crippen molar-refractivity contribution in [2.45, 2.75) is 38.8 Å². The molecule has 1 fully saturated rings. The maximum Gasteiger partial charge on any atom is 0.273 e. The lowest BCUT2D eigenvalue weighted by atomic mass is 10.1. The van der Waals surface area contributed by atoms with Gasteiger partial charge in [0.05, 0.1) is 6.20 Å². The second-order valence-electron chi connectivity index (χ2n) is 7.81. The van der Waals surface area contributed by atoms with E-state index in [4.69, 9.17) is 4.74 Å². The molecule has 9 heteroatoms. The van der Waals surface area contributed by atoms with Crippen LogP contribution in [0.25, 0.3) is 0 Å². The number of benzene rings is 1. The Balaban J connectivity index is 1.74. The van der Waals surface area contributed by atoms with Crippen LogP contribution in [0.15, 0.2) is 24.4 Å². The number of rotatable bonds is 6. The van der Waals surface area contributed by atoms with Crippen LogP contribution in [0.5, 0.6) is 5.75 Å². The zero-order chi connectivity index (χ0) is 21.8. The van der Waals surface area contributed by atoms with Gasteiger partial charge in [0.2, 0.25) is 0 Å². The van der Waals surface area contributed by atoms with Gasteiger partial charge in [0, 0.05) is 52.1 Å². The molecule has 1 N–H and O–H groups in total. The third-order valence-electron chi connectivity index (χ3n) is 4.73. The molecule has 1 saturated heterocycles. The Morgan fingerprint density at radius 2 is 1.97 bits per heavy atom. The summed E-state index contributed by atoms with van der Waals surface area (Å²) in [4.78, 5) is 24.8. The highest BCUT2D eigenvalue weighted by Crippen LogP contribution is 2.28. The van der Waals surface area contributed by atoms with Crippen LogP contribution in [0.4, 0.5) is 20.4 Å². The molecule has 0 bridgehead atoms. The molecule has 0 radical (unpaired) electrons. The lowest BCUT2D eigenvalue weighted by Gasteiger charge is -2.34. The molecule has 0 saturated carbocycles. The van der Waals surface area contributed by atoms with Crippen molar-refractivity contribution >= 4 is 17.5 Å². The third-order valence-corrected chi connectivity index (χ3v) is 4.73. The summed E-state index contributed by atoms with van der Waals surface area (Å²) in [5, 5.41) is 3.27. The number of amides is 1. The Hall–Kier alpha value is -2.97. The molecule has 1 aromatic carbocycles. The van der Waals surface area contributed by atoms with Crippen molar-refractivity contribution in [1.29, 1.82) is 0 Å². The molecular weight excluding hydrogens is 392 g/mol. The number of hydrogen-bond acceptors (Lipinski definition) is 6. The molecule has 0 unspecified atom stereocenters. The minimum absolute atomic E-state index is 0.0513. The standard InChI is InChI=1S/C21H27F2N5O2/c1-13(2)25-19-20(26-17(12-24-19)21(29)27(3)4)28-9-7-15(8-10-28)30-18-6-5-14(22)11-16(18)23/h5-6,11-13,15H,7-10H2,1-4H3,(H,24,25). The minimum atomic E-state index is -0.707. The summed E-state index contributed by atoms with van der Waals surface area (Å²) in [7, 11) is 3.34. The molecule has 0 spiro atoms. The van der Waals surface area contributed by atoms with E-state index < -0.39 is 11.6 Å². The van der Waals surface area contributed by atoms with E-state index in [1.165, 1.54) is 23.2 Å². The Labute approximate surface area is 175 Å². The Kier molecular flexibility index (Phi) is 6.69. The number of nitrogens with one attached hydrogen (secondary N) is 1. The average Bonchev–Trinajstić information content (AvgIpc) is 2.70. The van der Waals surface area contributed by atoms with E-state index in [0.29, 0.717) is 37.6 Å². The average molecular weight is 419 g/mol. The largest absolute Gasteiger partial charge is 0.487 e. The van der Waals surface area contributed by atoms with Crippen molar-refractivity contribution in [1.82, 2.24) is 14.9 Å². The quantitative estimate of drug-likeness (QED) is 0.775. The zero-order valence-corrected chi connectivity index (χ0v) is 17.7. The highest BCUT2D eigenvalue weighted by atomic mass is 19.1. The van der Waals surface area contributed by atoms with Gasteiger partial charge in [-0.05, 0) is 26.0 Å². The van der Waals surface area contributed by atoms with Crippen molar-refractivity contribution in [2.24, 2.45) is 0 Å². The number of halogens is 2. The van der Waals surface area contributed by atoms with Gasteiger partial charge in [-0.25, -0.2) is 18.7 Å². The van der Waals surface area contributed by atoms with Gasteiger partial charge in [-0.3, -0.25) is 4.79 Å². The van der Waals surface area contributed by atoms with Gasteiger partial charge in [-0.1, -0.05) is 0 Å². The van der Waals surface area contributed by atoms with Crippen molar-refractivity contribution in [3.05, 3.63) is 41.7 Å². The predicted molar refractivity (Wildman–Crippen MR) is 111 cm³/mol. The number of hydrogen-bond donors (Lipinski definition) is 1. The van der Waals surface area contributed by atoms with Gasteiger partial charge in [-0.2, -0.15) is 0 Å². The molecule has 2 heterocycles. The zero-order valence-electron chi connectivity index (χ0n) is 17.7. The van der Waals surface area contributed by atoms with Crippen LogP contribution in [0.1, 0.15) is 37.2 Å². The summed E-state index contributed by atoms with van der Waals surface area (Å²) >= 11 is 0. The number of anilines is 2. The maximum absolute atomic E-state index is 13.9. The molecule has 7 nitrogen and oxygen atoms in total. The normalized spacial score (nSPS) is 14.7. The van der Waals surface area contributed by atoms with Crippen LogP contribution in [0.3, 0.4) is 0 Å². The molecule has 162 valence electrons. The molecule has 1 aliphatic heterocycles. The second kappa shape index (κ2) is 9.23. The summed E-state index contributed by atoms with van der Waals surface area (Å²) < 4.78 is 32.7. The summed E-state index contributed by atoms with van der Waals surface area (Å²) in [6.45, 7) is 5.21. The first-order valence-electron chi connectivity index (χ1n) is 9.96. The van der Waals surface area contributed by atoms with Gasteiger partial charge < -0.3 is 19.9 Å². The molecule has 2 aromatic rings. The van der Waals surface area contributed by atoms with Crippen LogP contribution in [0.2, 0.25) is 0 Å². The van der Waals surface area contributed by atoms with Crippen LogP contribution in [-0.4, -0.2) is 60.1 Å². The van der Waals surface area contributed by atoms with Crippen molar-refractivity contribution in [3.63, 3.8) is 0 Å². The van der Waals surface area contributed by atoms with Crippen LogP contribution in [-0.2, 0) is 0 Å². The van der Waals surface area contributed by atoms with Crippen LogP contribution < -0.4 is 15.0 Å². The maximum atomic E-state index is 13.9. The molecule has 0 aliphatic carbocycles. The topological polar surface area (TPSA) is 70.6 Å². The Morgan fingerprint density at radius 1 is 1.27 bits per heavy atom. The molecule has 1 amide bonds. The monoisotopic (exact) mass is 419 g/mol. The molecular formula is C21H27F2N5O2. The number of piperidine rings is 1. The van der Waals surface area contributed by atoms with Crippen molar-refractivity contribution in [3.8, 4) is 5.75 Å². The van der Waals surface area contributed by atoms with Gasteiger partial charge >= 0.3 is 0 Å². The first-order valence-corrected chi connectivity index (χ1v) is 9.96. The van der Waals surface area contributed by atoms with Crippen LogP contribution >= 0.6 is 0 Å². The highest BCUT2D eigenvalue weighted by molar-refractivity contribution is 5.92. The number of carbonyl (C=O) groups is 1. The van der Waals surface area contributed by atoms with Crippen molar-refractivity contribution in [2.75, 3.05) is 37.4 Å².